The maximum Gasteiger partial charge on any atom is 0.323 e. The molecule has 0 radical (unpaired) electrons. The van der Waals surface area contributed by atoms with Crippen molar-refractivity contribution >= 4 is 37.6 Å². The summed E-state index contributed by atoms with van der Waals surface area (Å²) in [7, 11) is -2.75. The largest absolute Gasteiger partial charge is 0.468 e. The van der Waals surface area contributed by atoms with Crippen LogP contribution in [0.15, 0.2) is 57.9 Å². The molecule has 3 rings (SSSR count). The molecule has 0 bridgehead atoms. The minimum atomic E-state index is -4.08. The molecular weight excluding hydrogens is 502 g/mol. The SMILES string of the molecule is COC(=O)[C@H](Cc1ccc(Br)cc1)N1CCN(S(=O)(=O)c2ccccc2[N+](=O)[O-])[C@@H](C)C1. The second-order valence-corrected chi connectivity index (χ2v) is 10.3. The summed E-state index contributed by atoms with van der Waals surface area (Å²) in [6, 6.07) is 11.9. The van der Waals surface area contributed by atoms with E-state index in [2.05, 4.69) is 15.9 Å². The van der Waals surface area contributed by atoms with Crippen molar-refractivity contribution in [3.63, 3.8) is 0 Å². The van der Waals surface area contributed by atoms with Gasteiger partial charge in [0.05, 0.1) is 12.0 Å². The summed E-state index contributed by atoms with van der Waals surface area (Å²) >= 11 is 3.39. The number of nitro benzene ring substituents is 1. The average Bonchev–Trinajstić information content (AvgIpc) is 2.77. The number of rotatable bonds is 7. The minimum Gasteiger partial charge on any atom is -0.468 e. The molecule has 32 heavy (non-hydrogen) atoms. The maximum absolute atomic E-state index is 13.2. The van der Waals surface area contributed by atoms with Crippen LogP contribution in [0, 0.1) is 10.1 Å². The van der Waals surface area contributed by atoms with E-state index >= 15 is 0 Å². The summed E-state index contributed by atoms with van der Waals surface area (Å²) in [5.74, 6) is -0.393. The van der Waals surface area contributed by atoms with Crippen LogP contribution in [0.3, 0.4) is 0 Å². The molecule has 11 heteroatoms. The van der Waals surface area contributed by atoms with Gasteiger partial charge < -0.3 is 4.74 Å². The predicted octanol–water partition coefficient (Wildman–Crippen LogP) is 2.84. The number of para-hydroxylation sites is 1. The van der Waals surface area contributed by atoms with Crippen LogP contribution in [0.4, 0.5) is 5.69 Å². The van der Waals surface area contributed by atoms with E-state index in [9.17, 15) is 23.3 Å². The first-order chi connectivity index (χ1) is 15.1. The number of carbonyl (C=O) groups excluding carboxylic acids is 1. The fourth-order valence-electron chi connectivity index (χ4n) is 3.90. The second kappa shape index (κ2) is 10.1. The Balaban J connectivity index is 1.81. The maximum atomic E-state index is 13.2. The molecule has 0 amide bonds. The first-order valence-electron chi connectivity index (χ1n) is 9.96. The zero-order chi connectivity index (χ0) is 23.5. The van der Waals surface area contributed by atoms with Crippen LogP contribution in [-0.4, -0.2) is 67.3 Å². The van der Waals surface area contributed by atoms with Gasteiger partial charge >= 0.3 is 5.97 Å². The molecule has 9 nitrogen and oxygen atoms in total. The third kappa shape index (κ3) is 5.17. The molecule has 1 aliphatic heterocycles. The molecule has 1 fully saturated rings. The lowest BCUT2D eigenvalue weighted by Gasteiger charge is -2.41. The van der Waals surface area contributed by atoms with Gasteiger partial charge in [0.15, 0.2) is 4.90 Å². The van der Waals surface area contributed by atoms with Crippen LogP contribution in [-0.2, 0) is 26.0 Å². The van der Waals surface area contributed by atoms with E-state index in [1.54, 1.807) is 6.92 Å². The smallest absolute Gasteiger partial charge is 0.323 e. The number of carbonyl (C=O) groups is 1. The number of piperazine rings is 1. The zero-order valence-electron chi connectivity index (χ0n) is 17.7. The van der Waals surface area contributed by atoms with E-state index in [1.807, 2.05) is 29.2 Å². The van der Waals surface area contributed by atoms with Gasteiger partial charge in [-0.05, 0) is 37.1 Å². The van der Waals surface area contributed by atoms with E-state index in [-0.39, 0.29) is 18.0 Å². The van der Waals surface area contributed by atoms with E-state index in [0.29, 0.717) is 13.0 Å². The van der Waals surface area contributed by atoms with Crippen molar-refractivity contribution in [3.05, 3.63) is 68.7 Å². The highest BCUT2D eigenvalue weighted by Crippen LogP contribution is 2.29. The van der Waals surface area contributed by atoms with Crippen molar-refractivity contribution < 1.29 is 22.9 Å². The number of hydrogen-bond acceptors (Lipinski definition) is 7. The minimum absolute atomic E-state index is 0.101. The van der Waals surface area contributed by atoms with Crippen LogP contribution in [0.1, 0.15) is 12.5 Å². The molecule has 1 heterocycles. The molecule has 2 atom stereocenters. The Morgan fingerprint density at radius 1 is 1.22 bits per heavy atom. The molecule has 0 aromatic heterocycles. The van der Waals surface area contributed by atoms with Crippen molar-refractivity contribution in [2.24, 2.45) is 0 Å². The summed E-state index contributed by atoms with van der Waals surface area (Å²) in [5.41, 5.74) is 0.496. The van der Waals surface area contributed by atoms with Crippen LogP contribution in [0.25, 0.3) is 0 Å². The van der Waals surface area contributed by atoms with Gasteiger partial charge in [0.25, 0.3) is 5.69 Å². The highest BCUT2D eigenvalue weighted by atomic mass is 79.9. The molecule has 0 unspecified atom stereocenters. The molecule has 0 aliphatic carbocycles. The van der Waals surface area contributed by atoms with E-state index in [4.69, 9.17) is 4.74 Å². The van der Waals surface area contributed by atoms with Gasteiger partial charge in [0.1, 0.15) is 6.04 Å². The van der Waals surface area contributed by atoms with Crippen molar-refractivity contribution in [3.8, 4) is 0 Å². The van der Waals surface area contributed by atoms with Crippen molar-refractivity contribution in [2.45, 2.75) is 30.3 Å². The van der Waals surface area contributed by atoms with E-state index < -0.39 is 38.7 Å². The Morgan fingerprint density at radius 2 is 1.88 bits per heavy atom. The Bertz CT molecular complexity index is 1090. The van der Waals surface area contributed by atoms with Crippen molar-refractivity contribution in [2.75, 3.05) is 26.7 Å². The van der Waals surface area contributed by atoms with E-state index in [1.165, 1.54) is 35.7 Å². The molecule has 1 saturated heterocycles. The molecule has 0 N–H and O–H groups in total. The van der Waals surface area contributed by atoms with Gasteiger partial charge in [-0.25, -0.2) is 8.42 Å². The standard InChI is InChI=1S/C21H24BrN3O6S/c1-15-14-23(19(21(26)31-2)13-16-7-9-17(22)10-8-16)11-12-24(15)32(29,30)20-6-4-3-5-18(20)25(27)28/h3-10,15,19H,11-14H2,1-2H3/t15-,19-/m0/s1. The van der Waals surface area contributed by atoms with E-state index in [0.717, 1.165) is 10.0 Å². The summed E-state index contributed by atoms with van der Waals surface area (Å²) in [5, 5.41) is 11.3. The summed E-state index contributed by atoms with van der Waals surface area (Å²) in [4.78, 5) is 24.7. The number of sulfonamides is 1. The predicted molar refractivity (Wildman–Crippen MR) is 122 cm³/mol. The van der Waals surface area contributed by atoms with Gasteiger partial charge in [-0.1, -0.05) is 40.2 Å². The van der Waals surface area contributed by atoms with Gasteiger partial charge in [-0.2, -0.15) is 4.31 Å². The fraction of sp³-hybridized carbons (Fsp3) is 0.381. The molecule has 0 saturated carbocycles. The number of nitrogens with zero attached hydrogens (tertiary/aromatic N) is 3. The molecule has 0 spiro atoms. The highest BCUT2D eigenvalue weighted by molar-refractivity contribution is 9.10. The molecular formula is C21H24BrN3O6S. The van der Waals surface area contributed by atoms with Gasteiger partial charge in [0.2, 0.25) is 10.0 Å². The number of halogens is 1. The van der Waals surface area contributed by atoms with Crippen LogP contribution in [0.5, 0.6) is 0 Å². The molecule has 2 aromatic carbocycles. The number of hydrogen-bond donors (Lipinski definition) is 0. The Hall–Kier alpha value is -2.34. The Labute approximate surface area is 195 Å². The van der Waals surface area contributed by atoms with Gasteiger partial charge in [0, 0.05) is 36.2 Å². The first kappa shape index (κ1) is 24.3. The average molecular weight is 526 g/mol. The summed E-state index contributed by atoms with van der Waals surface area (Å²) in [6.45, 7) is 2.41. The lowest BCUT2D eigenvalue weighted by molar-refractivity contribution is -0.387. The van der Waals surface area contributed by atoms with Crippen LogP contribution >= 0.6 is 15.9 Å². The zero-order valence-corrected chi connectivity index (χ0v) is 20.1. The third-order valence-electron chi connectivity index (χ3n) is 5.50. The number of esters is 1. The topological polar surface area (TPSA) is 110 Å². The quantitative estimate of drug-likeness (QED) is 0.310. The van der Waals surface area contributed by atoms with Gasteiger partial charge in [-0.3, -0.25) is 19.8 Å². The molecule has 2 aromatic rings. The number of methoxy groups -OCH3 is 1. The van der Waals surface area contributed by atoms with Crippen molar-refractivity contribution in [1.82, 2.24) is 9.21 Å². The molecule has 172 valence electrons. The summed E-state index contributed by atoms with van der Waals surface area (Å²) < 4.78 is 33.6. The highest BCUT2D eigenvalue weighted by Gasteiger charge is 2.40. The Morgan fingerprint density at radius 3 is 2.47 bits per heavy atom. The van der Waals surface area contributed by atoms with Crippen molar-refractivity contribution in [1.29, 1.82) is 0 Å². The lowest BCUT2D eigenvalue weighted by atomic mass is 10.0. The fourth-order valence-corrected chi connectivity index (χ4v) is 5.94. The van der Waals surface area contributed by atoms with Crippen LogP contribution in [0.2, 0.25) is 0 Å². The van der Waals surface area contributed by atoms with Crippen LogP contribution < -0.4 is 0 Å². The molecule has 1 aliphatic rings. The number of nitro groups is 1. The summed E-state index contributed by atoms with van der Waals surface area (Å²) in [6.07, 6.45) is 0.420. The number of benzene rings is 2. The Kier molecular flexibility index (Phi) is 7.65. The normalized spacial score (nSPS) is 18.8. The second-order valence-electron chi connectivity index (χ2n) is 7.55. The van der Waals surface area contributed by atoms with Gasteiger partial charge in [-0.15, -0.1) is 0 Å². The first-order valence-corrected chi connectivity index (χ1v) is 12.2. The lowest BCUT2D eigenvalue weighted by Crippen LogP contribution is -2.58. The monoisotopic (exact) mass is 525 g/mol. The third-order valence-corrected chi connectivity index (χ3v) is 8.09. The number of ether oxygens (including phenoxy) is 1.